The lowest BCUT2D eigenvalue weighted by atomic mass is 10.0. The number of hydrogen-bond acceptors (Lipinski definition) is 3. The smallest absolute Gasteiger partial charge is 0.338 e. The number of esters is 1. The van der Waals surface area contributed by atoms with Gasteiger partial charge in [0.25, 0.3) is 0 Å². The average molecular weight is 364 g/mol. The van der Waals surface area contributed by atoms with Crippen LogP contribution in [0.2, 0.25) is 0 Å². The van der Waals surface area contributed by atoms with E-state index < -0.39 is 5.97 Å². The second-order valence-corrected chi connectivity index (χ2v) is 5.41. The van der Waals surface area contributed by atoms with Gasteiger partial charge in [-0.3, -0.25) is 4.79 Å². The van der Waals surface area contributed by atoms with E-state index >= 15 is 0 Å². The van der Waals surface area contributed by atoms with Gasteiger partial charge in [0.2, 0.25) is 0 Å². The summed E-state index contributed by atoms with van der Waals surface area (Å²) >= 11 is 6.53. The summed E-state index contributed by atoms with van der Waals surface area (Å²) in [5.74, 6) is -0.408. The van der Waals surface area contributed by atoms with Gasteiger partial charge < -0.3 is 4.74 Å². The van der Waals surface area contributed by atoms with E-state index in [4.69, 9.17) is 0 Å². The zero-order valence-corrected chi connectivity index (χ0v) is 12.7. The van der Waals surface area contributed by atoms with Gasteiger partial charge in [-0.15, -0.1) is 0 Å². The van der Waals surface area contributed by atoms with Crippen molar-refractivity contribution in [3.8, 4) is 0 Å². The second-order valence-electron chi connectivity index (χ2n) is 3.48. The normalized spacial score (nSPS) is 12.0. The third-order valence-corrected chi connectivity index (χ3v) is 3.32. The molecule has 92 valence electrons. The molecule has 1 aromatic carbocycles. The van der Waals surface area contributed by atoms with Gasteiger partial charge in [0.1, 0.15) is 0 Å². The highest BCUT2D eigenvalue weighted by molar-refractivity contribution is 9.10. The summed E-state index contributed by atoms with van der Waals surface area (Å²) in [5.41, 5.74) is 1.80. The lowest BCUT2D eigenvalue weighted by molar-refractivity contribution is 0.0599. The van der Waals surface area contributed by atoms with Gasteiger partial charge in [-0.2, -0.15) is 0 Å². The highest BCUT2D eigenvalue weighted by Crippen LogP contribution is 2.19. The van der Waals surface area contributed by atoms with Crippen LogP contribution < -0.4 is 0 Å². The molecule has 0 bridgehead atoms. The molecule has 5 heteroatoms. The van der Waals surface area contributed by atoms with Gasteiger partial charge in [-0.25, -0.2) is 4.79 Å². The van der Waals surface area contributed by atoms with Gasteiger partial charge in [-0.1, -0.05) is 37.9 Å². The lowest BCUT2D eigenvalue weighted by Crippen LogP contribution is -2.12. The Morgan fingerprint density at radius 2 is 2.06 bits per heavy atom. The van der Waals surface area contributed by atoms with Crippen LogP contribution in [0.1, 0.15) is 33.2 Å². The van der Waals surface area contributed by atoms with Gasteiger partial charge >= 0.3 is 5.97 Å². The first kappa shape index (κ1) is 14.4. The number of halogens is 2. The monoisotopic (exact) mass is 362 g/mol. The van der Waals surface area contributed by atoms with Crippen LogP contribution in [-0.4, -0.2) is 23.7 Å². The Morgan fingerprint density at radius 1 is 1.41 bits per heavy atom. The Hall–Kier alpha value is -0.680. The Kier molecular flexibility index (Phi) is 5.33. The third-order valence-electron chi connectivity index (χ3n) is 2.30. The zero-order valence-electron chi connectivity index (χ0n) is 9.50. The average Bonchev–Trinajstić information content (AvgIpc) is 2.35. The topological polar surface area (TPSA) is 43.4 Å². The Labute approximate surface area is 117 Å². The van der Waals surface area contributed by atoms with E-state index in [1.807, 2.05) is 0 Å². The van der Waals surface area contributed by atoms with Crippen LogP contribution in [0.3, 0.4) is 0 Å². The molecule has 3 nitrogen and oxygen atoms in total. The van der Waals surface area contributed by atoms with E-state index in [1.54, 1.807) is 25.1 Å². The highest BCUT2D eigenvalue weighted by atomic mass is 79.9. The molecule has 1 unspecified atom stereocenters. The van der Waals surface area contributed by atoms with Crippen molar-refractivity contribution in [1.29, 1.82) is 0 Å². The van der Waals surface area contributed by atoms with Crippen molar-refractivity contribution in [3.63, 3.8) is 0 Å². The minimum Gasteiger partial charge on any atom is -0.465 e. The number of Topliss-reactive ketones (excluding diaryl/α,β-unsaturated/α-hetero) is 1. The Morgan fingerprint density at radius 3 is 2.53 bits per heavy atom. The summed E-state index contributed by atoms with van der Waals surface area (Å²) in [7, 11) is 1.33. The number of hydrogen-bond donors (Lipinski definition) is 0. The van der Waals surface area contributed by atoms with Crippen LogP contribution in [0.4, 0.5) is 0 Å². The summed E-state index contributed by atoms with van der Waals surface area (Å²) in [4.78, 5) is 23.0. The second kappa shape index (κ2) is 6.31. The molecule has 0 aliphatic heterocycles. The van der Waals surface area contributed by atoms with Crippen LogP contribution in [0.15, 0.2) is 18.2 Å². The number of carbonyl (C=O) groups excluding carboxylic acids is 2. The standard InChI is InChI=1S/C12H12Br2O3/c1-7(14)11(15)8-3-4-10(12(16)17-2)9(5-8)6-13/h3-5,7H,6H2,1-2H3. The third kappa shape index (κ3) is 3.39. The zero-order chi connectivity index (χ0) is 13.0. The molecule has 0 spiro atoms. The summed E-state index contributed by atoms with van der Waals surface area (Å²) in [6, 6.07) is 4.96. The van der Waals surface area contributed by atoms with Gasteiger partial charge in [0.15, 0.2) is 5.78 Å². The lowest BCUT2D eigenvalue weighted by Gasteiger charge is -2.08. The molecule has 1 rings (SSSR count). The SMILES string of the molecule is COC(=O)c1ccc(C(=O)C(C)Br)cc1CBr. The first-order chi connectivity index (χ1) is 8.01. The van der Waals surface area contributed by atoms with E-state index in [-0.39, 0.29) is 10.6 Å². The Balaban J connectivity index is 3.17. The van der Waals surface area contributed by atoms with Crippen LogP contribution in [0, 0.1) is 0 Å². The molecule has 1 aromatic rings. The quantitative estimate of drug-likeness (QED) is 0.468. The van der Waals surface area contributed by atoms with Gasteiger partial charge in [0.05, 0.1) is 17.5 Å². The van der Waals surface area contributed by atoms with Crippen molar-refractivity contribution in [2.75, 3.05) is 7.11 Å². The number of alkyl halides is 2. The van der Waals surface area contributed by atoms with Gasteiger partial charge in [-0.05, 0) is 24.6 Å². The maximum atomic E-state index is 11.8. The summed E-state index contributed by atoms with van der Waals surface area (Å²) < 4.78 is 4.67. The first-order valence-electron chi connectivity index (χ1n) is 4.96. The largest absolute Gasteiger partial charge is 0.465 e. The molecule has 0 radical (unpaired) electrons. The molecule has 0 saturated heterocycles. The fourth-order valence-electron chi connectivity index (χ4n) is 1.40. The number of methoxy groups -OCH3 is 1. The molecule has 0 fully saturated rings. The molecular formula is C12H12Br2O3. The van der Waals surface area contributed by atoms with E-state index in [0.29, 0.717) is 16.5 Å². The molecule has 0 N–H and O–H groups in total. The first-order valence-corrected chi connectivity index (χ1v) is 7.00. The minimum absolute atomic E-state index is 0.0105. The predicted molar refractivity (Wildman–Crippen MR) is 73.1 cm³/mol. The number of carbonyl (C=O) groups is 2. The maximum Gasteiger partial charge on any atom is 0.338 e. The summed E-state index contributed by atoms with van der Waals surface area (Å²) in [6.07, 6.45) is 0. The van der Waals surface area contributed by atoms with Crippen molar-refractivity contribution in [2.45, 2.75) is 17.1 Å². The van der Waals surface area contributed by atoms with Crippen LogP contribution in [-0.2, 0) is 10.1 Å². The molecular weight excluding hydrogens is 352 g/mol. The van der Waals surface area contributed by atoms with Crippen molar-refractivity contribution < 1.29 is 14.3 Å². The van der Waals surface area contributed by atoms with E-state index in [2.05, 4.69) is 36.6 Å². The molecule has 0 aromatic heterocycles. The molecule has 0 saturated carbocycles. The van der Waals surface area contributed by atoms with Crippen LogP contribution in [0.25, 0.3) is 0 Å². The molecule has 0 aliphatic carbocycles. The van der Waals surface area contributed by atoms with Crippen molar-refractivity contribution in [3.05, 3.63) is 34.9 Å². The molecule has 1 atom stereocenters. The number of ketones is 1. The fraction of sp³-hybridized carbons (Fsp3) is 0.333. The molecule has 0 heterocycles. The minimum atomic E-state index is -0.398. The number of ether oxygens (including phenoxy) is 1. The van der Waals surface area contributed by atoms with Crippen molar-refractivity contribution >= 4 is 43.6 Å². The molecule has 0 amide bonds. The number of rotatable bonds is 4. The van der Waals surface area contributed by atoms with Crippen LogP contribution >= 0.6 is 31.9 Å². The predicted octanol–water partition coefficient (Wildman–Crippen LogP) is 3.33. The maximum absolute atomic E-state index is 11.8. The van der Waals surface area contributed by atoms with Crippen molar-refractivity contribution in [2.24, 2.45) is 0 Å². The van der Waals surface area contributed by atoms with E-state index in [0.717, 1.165) is 5.56 Å². The van der Waals surface area contributed by atoms with Crippen molar-refractivity contribution in [1.82, 2.24) is 0 Å². The Bertz CT molecular complexity index is 441. The highest BCUT2D eigenvalue weighted by Gasteiger charge is 2.16. The van der Waals surface area contributed by atoms with Crippen LogP contribution in [0.5, 0.6) is 0 Å². The van der Waals surface area contributed by atoms with E-state index in [9.17, 15) is 9.59 Å². The molecule has 0 aliphatic rings. The summed E-state index contributed by atoms with van der Waals surface area (Å²) in [6.45, 7) is 1.77. The fourth-order valence-corrected chi connectivity index (χ4v) is 2.12. The van der Waals surface area contributed by atoms with Gasteiger partial charge in [0, 0.05) is 10.9 Å². The molecule has 17 heavy (non-hydrogen) atoms. The van der Waals surface area contributed by atoms with E-state index in [1.165, 1.54) is 7.11 Å². The summed E-state index contributed by atoms with van der Waals surface area (Å²) in [5, 5.41) is 0.495. The number of benzene rings is 1.